The van der Waals surface area contributed by atoms with E-state index in [4.69, 9.17) is 17.0 Å². The first kappa shape index (κ1) is 17.4. The van der Waals surface area contributed by atoms with Crippen molar-refractivity contribution < 1.29 is 9.53 Å². The van der Waals surface area contributed by atoms with Gasteiger partial charge in [0.05, 0.1) is 6.61 Å². The standard InChI is InChI=1S/C17H17BrN2O2S/c1-3-22-14-6-4-5-13(10-14)19-17(23)20-16(21)12-8-7-11(2)15(18)9-12/h4-10H,3H2,1-2H3,(H2,19,20,21,23). The normalized spacial score (nSPS) is 10.0. The van der Waals surface area contributed by atoms with Crippen LogP contribution in [-0.4, -0.2) is 17.6 Å². The van der Waals surface area contributed by atoms with Crippen LogP contribution >= 0.6 is 28.1 Å². The molecule has 0 saturated heterocycles. The van der Waals surface area contributed by atoms with Crippen molar-refractivity contribution >= 4 is 44.9 Å². The first-order chi connectivity index (χ1) is 11.0. The molecule has 2 N–H and O–H groups in total. The summed E-state index contributed by atoms with van der Waals surface area (Å²) in [5, 5.41) is 5.87. The Morgan fingerprint density at radius 2 is 2.04 bits per heavy atom. The molecule has 0 radical (unpaired) electrons. The Morgan fingerprint density at radius 3 is 2.74 bits per heavy atom. The van der Waals surface area contributed by atoms with Crippen LogP contribution in [0.2, 0.25) is 0 Å². The van der Waals surface area contributed by atoms with Crippen LogP contribution in [0.25, 0.3) is 0 Å². The minimum atomic E-state index is -0.260. The molecule has 0 spiro atoms. The van der Waals surface area contributed by atoms with Crippen molar-refractivity contribution in [3.63, 3.8) is 0 Å². The van der Waals surface area contributed by atoms with Gasteiger partial charge in [-0.2, -0.15) is 0 Å². The summed E-state index contributed by atoms with van der Waals surface area (Å²) in [5.74, 6) is 0.484. The molecule has 0 fully saturated rings. The molecule has 120 valence electrons. The third-order valence-corrected chi connectivity index (χ3v) is 4.12. The zero-order valence-electron chi connectivity index (χ0n) is 12.9. The number of carbonyl (C=O) groups excluding carboxylic acids is 1. The molecule has 0 aliphatic carbocycles. The number of thiocarbonyl (C=S) groups is 1. The molecule has 2 aromatic carbocycles. The van der Waals surface area contributed by atoms with E-state index in [0.717, 1.165) is 21.5 Å². The van der Waals surface area contributed by atoms with Crippen LogP contribution < -0.4 is 15.4 Å². The van der Waals surface area contributed by atoms with Gasteiger partial charge in [-0.3, -0.25) is 10.1 Å². The summed E-state index contributed by atoms with van der Waals surface area (Å²) >= 11 is 8.60. The van der Waals surface area contributed by atoms with Crippen molar-refractivity contribution in [1.29, 1.82) is 0 Å². The third kappa shape index (κ3) is 5.04. The molecule has 0 heterocycles. The topological polar surface area (TPSA) is 50.4 Å². The maximum absolute atomic E-state index is 12.2. The number of rotatable bonds is 4. The van der Waals surface area contributed by atoms with Gasteiger partial charge in [-0.25, -0.2) is 0 Å². The average molecular weight is 393 g/mol. The van der Waals surface area contributed by atoms with Gasteiger partial charge < -0.3 is 10.1 Å². The number of hydrogen-bond acceptors (Lipinski definition) is 3. The molecule has 0 aliphatic rings. The fraction of sp³-hybridized carbons (Fsp3) is 0.176. The lowest BCUT2D eigenvalue weighted by molar-refractivity contribution is 0.0977. The number of aryl methyl sites for hydroxylation is 1. The van der Waals surface area contributed by atoms with E-state index in [-0.39, 0.29) is 11.0 Å². The Labute approximate surface area is 149 Å². The van der Waals surface area contributed by atoms with Crippen LogP contribution in [0, 0.1) is 6.92 Å². The smallest absolute Gasteiger partial charge is 0.257 e. The highest BCUT2D eigenvalue weighted by molar-refractivity contribution is 9.10. The van der Waals surface area contributed by atoms with Crippen LogP contribution in [0.15, 0.2) is 46.9 Å². The van der Waals surface area contributed by atoms with E-state index < -0.39 is 0 Å². The summed E-state index contributed by atoms with van der Waals surface area (Å²) in [5.41, 5.74) is 2.36. The molecule has 1 amide bonds. The van der Waals surface area contributed by atoms with Crippen molar-refractivity contribution in [1.82, 2.24) is 5.32 Å². The number of halogens is 1. The number of benzene rings is 2. The lowest BCUT2D eigenvalue weighted by Gasteiger charge is -2.11. The highest BCUT2D eigenvalue weighted by atomic mass is 79.9. The predicted molar refractivity (Wildman–Crippen MR) is 100 cm³/mol. The average Bonchev–Trinajstić information content (AvgIpc) is 2.50. The molecule has 2 rings (SSSR count). The van der Waals surface area contributed by atoms with Crippen molar-refractivity contribution in [2.24, 2.45) is 0 Å². The van der Waals surface area contributed by atoms with E-state index >= 15 is 0 Å². The maximum Gasteiger partial charge on any atom is 0.257 e. The zero-order valence-corrected chi connectivity index (χ0v) is 15.3. The molecule has 6 heteroatoms. The van der Waals surface area contributed by atoms with E-state index in [1.807, 2.05) is 44.2 Å². The van der Waals surface area contributed by atoms with Crippen LogP contribution in [0.3, 0.4) is 0 Å². The van der Waals surface area contributed by atoms with Gasteiger partial charge in [0.25, 0.3) is 5.91 Å². The van der Waals surface area contributed by atoms with E-state index in [1.165, 1.54) is 0 Å². The van der Waals surface area contributed by atoms with E-state index in [1.54, 1.807) is 12.1 Å². The summed E-state index contributed by atoms with van der Waals surface area (Å²) < 4.78 is 6.31. The Balaban J connectivity index is 2.00. The molecule has 0 bridgehead atoms. The predicted octanol–water partition coefficient (Wildman–Crippen LogP) is 4.28. The molecular weight excluding hydrogens is 376 g/mol. The van der Waals surface area contributed by atoms with Crippen molar-refractivity contribution in [2.45, 2.75) is 13.8 Å². The first-order valence-electron chi connectivity index (χ1n) is 7.11. The fourth-order valence-corrected chi connectivity index (χ4v) is 2.49. The van der Waals surface area contributed by atoms with Gasteiger partial charge in [-0.15, -0.1) is 0 Å². The molecule has 2 aromatic rings. The minimum Gasteiger partial charge on any atom is -0.494 e. The number of amides is 1. The SMILES string of the molecule is CCOc1cccc(NC(=S)NC(=O)c2ccc(C)c(Br)c2)c1. The van der Waals surface area contributed by atoms with Gasteiger partial charge in [0.15, 0.2) is 5.11 Å². The molecule has 0 atom stereocenters. The van der Waals surface area contributed by atoms with Gasteiger partial charge in [-0.1, -0.05) is 28.1 Å². The van der Waals surface area contributed by atoms with E-state index in [0.29, 0.717) is 12.2 Å². The quantitative estimate of drug-likeness (QED) is 0.762. The second-order valence-corrected chi connectivity index (χ2v) is 6.10. The zero-order chi connectivity index (χ0) is 16.8. The molecular formula is C17H17BrN2O2S. The van der Waals surface area contributed by atoms with Crippen LogP contribution in [-0.2, 0) is 0 Å². The van der Waals surface area contributed by atoms with Crippen LogP contribution in [0.1, 0.15) is 22.8 Å². The van der Waals surface area contributed by atoms with Crippen molar-refractivity contribution in [3.8, 4) is 5.75 Å². The summed E-state index contributed by atoms with van der Waals surface area (Å²) in [6.07, 6.45) is 0. The van der Waals surface area contributed by atoms with Gasteiger partial charge in [0.2, 0.25) is 0 Å². The summed E-state index contributed by atoms with van der Waals surface area (Å²) in [6, 6.07) is 12.8. The van der Waals surface area contributed by atoms with Gasteiger partial charge in [-0.05, 0) is 55.9 Å². The highest BCUT2D eigenvalue weighted by Gasteiger charge is 2.09. The number of carbonyl (C=O) groups is 1. The second-order valence-electron chi connectivity index (χ2n) is 4.83. The lowest BCUT2D eigenvalue weighted by atomic mass is 10.1. The van der Waals surface area contributed by atoms with Crippen molar-refractivity contribution in [3.05, 3.63) is 58.1 Å². The lowest BCUT2D eigenvalue weighted by Crippen LogP contribution is -2.34. The summed E-state index contributed by atoms with van der Waals surface area (Å²) in [6.45, 7) is 4.47. The Hall–Kier alpha value is -1.92. The van der Waals surface area contributed by atoms with Gasteiger partial charge >= 0.3 is 0 Å². The maximum atomic E-state index is 12.2. The van der Waals surface area contributed by atoms with Crippen LogP contribution in [0.5, 0.6) is 5.75 Å². The Morgan fingerprint density at radius 1 is 1.26 bits per heavy atom. The summed E-state index contributed by atoms with van der Waals surface area (Å²) in [4.78, 5) is 12.2. The van der Waals surface area contributed by atoms with E-state index in [9.17, 15) is 4.79 Å². The van der Waals surface area contributed by atoms with Crippen LogP contribution in [0.4, 0.5) is 5.69 Å². The molecule has 0 aromatic heterocycles. The minimum absolute atomic E-state index is 0.236. The van der Waals surface area contributed by atoms with E-state index in [2.05, 4.69) is 26.6 Å². The van der Waals surface area contributed by atoms with Crippen molar-refractivity contribution in [2.75, 3.05) is 11.9 Å². The second kappa shape index (κ2) is 8.08. The number of nitrogens with one attached hydrogen (secondary N) is 2. The molecule has 0 saturated carbocycles. The third-order valence-electron chi connectivity index (χ3n) is 3.06. The number of anilines is 1. The number of hydrogen-bond donors (Lipinski definition) is 2. The Kier molecular flexibility index (Phi) is 6.12. The molecule has 23 heavy (non-hydrogen) atoms. The first-order valence-corrected chi connectivity index (χ1v) is 8.31. The summed E-state index contributed by atoms with van der Waals surface area (Å²) in [7, 11) is 0. The van der Waals surface area contributed by atoms with Gasteiger partial charge in [0.1, 0.15) is 5.75 Å². The monoisotopic (exact) mass is 392 g/mol. The highest BCUT2D eigenvalue weighted by Crippen LogP contribution is 2.18. The molecule has 0 unspecified atom stereocenters. The fourth-order valence-electron chi connectivity index (χ4n) is 1.90. The Bertz CT molecular complexity index is 734. The largest absolute Gasteiger partial charge is 0.494 e. The van der Waals surface area contributed by atoms with Gasteiger partial charge in [0, 0.05) is 21.8 Å². The molecule has 0 aliphatic heterocycles. The number of ether oxygens (including phenoxy) is 1. The molecule has 4 nitrogen and oxygen atoms in total.